The first-order valence-electron chi connectivity index (χ1n) is 13.4. The number of carbonyl (C=O) groups excluding carboxylic acids is 2. The maximum Gasteiger partial charge on any atom is 0.330 e. The van der Waals surface area contributed by atoms with E-state index in [0.29, 0.717) is 0 Å². The number of ether oxygens (including phenoxy) is 4. The van der Waals surface area contributed by atoms with Gasteiger partial charge in [-0.25, -0.2) is 9.59 Å². The van der Waals surface area contributed by atoms with Gasteiger partial charge in [0.15, 0.2) is 0 Å². The van der Waals surface area contributed by atoms with E-state index in [4.69, 9.17) is 30.0 Å². The fourth-order valence-electron chi connectivity index (χ4n) is 4.75. The van der Waals surface area contributed by atoms with Crippen LogP contribution in [-0.2, 0) is 28.5 Å². The predicted octanol–water partition coefficient (Wildman–Crippen LogP) is 0.503. The molecule has 2 aliphatic rings. The zero-order chi connectivity index (χ0) is 32.0. The van der Waals surface area contributed by atoms with E-state index in [0.717, 1.165) is 9.13 Å². The fraction of sp³-hybridized carbons (Fsp3) is 0.583. The highest BCUT2D eigenvalue weighted by Crippen LogP contribution is 2.31. The molecule has 20 nitrogen and oxygen atoms in total. The minimum atomic E-state index is -0.894. The van der Waals surface area contributed by atoms with Gasteiger partial charge in [-0.2, -0.15) is 0 Å². The third kappa shape index (κ3) is 7.42. The molecule has 44 heavy (non-hydrogen) atoms. The van der Waals surface area contributed by atoms with E-state index in [1.807, 2.05) is 0 Å². The molecular formula is C24H28N10O10. The van der Waals surface area contributed by atoms with E-state index in [1.165, 1.54) is 26.2 Å². The molecule has 0 unspecified atom stereocenters. The van der Waals surface area contributed by atoms with Crippen molar-refractivity contribution in [2.45, 2.75) is 76.3 Å². The van der Waals surface area contributed by atoms with Crippen LogP contribution in [0.5, 0.6) is 0 Å². The molecule has 2 aliphatic heterocycles. The first kappa shape index (κ1) is 31.8. The monoisotopic (exact) mass is 616 g/mol. The van der Waals surface area contributed by atoms with Crippen molar-refractivity contribution in [1.82, 2.24) is 19.1 Å². The van der Waals surface area contributed by atoms with Crippen molar-refractivity contribution in [2.75, 3.05) is 13.2 Å². The van der Waals surface area contributed by atoms with Gasteiger partial charge < -0.3 is 18.9 Å². The number of nitrogens with zero attached hydrogens (tertiary/aromatic N) is 8. The summed E-state index contributed by atoms with van der Waals surface area (Å²) >= 11 is 0. The lowest BCUT2D eigenvalue weighted by atomic mass is 10.1. The molecule has 0 spiro atoms. The van der Waals surface area contributed by atoms with Gasteiger partial charge in [0.1, 0.15) is 37.9 Å². The fourth-order valence-corrected chi connectivity index (χ4v) is 4.75. The van der Waals surface area contributed by atoms with Crippen molar-refractivity contribution in [2.24, 2.45) is 10.2 Å². The van der Waals surface area contributed by atoms with Crippen molar-refractivity contribution in [3.8, 4) is 0 Å². The molecule has 2 fully saturated rings. The summed E-state index contributed by atoms with van der Waals surface area (Å²) in [4.78, 5) is 82.2. The molecule has 4 heterocycles. The molecule has 6 atom stereocenters. The number of esters is 2. The number of aryl methyl sites for hydroxylation is 2. The van der Waals surface area contributed by atoms with Crippen LogP contribution in [0.25, 0.3) is 20.9 Å². The molecule has 2 aromatic heterocycles. The Bertz CT molecular complexity index is 1620. The van der Waals surface area contributed by atoms with Crippen molar-refractivity contribution in [1.29, 1.82) is 0 Å². The Morgan fingerprint density at radius 1 is 0.818 bits per heavy atom. The molecule has 20 heteroatoms. The minimum Gasteiger partial charge on any atom is -0.463 e. The lowest BCUT2D eigenvalue weighted by Gasteiger charge is -2.17. The molecule has 2 N–H and O–H groups in total. The second-order valence-electron chi connectivity index (χ2n) is 10.1. The van der Waals surface area contributed by atoms with Crippen LogP contribution >= 0.6 is 0 Å². The number of nitrogens with one attached hydrogen (secondary N) is 2. The van der Waals surface area contributed by atoms with Gasteiger partial charge in [-0.1, -0.05) is 10.2 Å². The second-order valence-corrected chi connectivity index (χ2v) is 10.1. The maximum absolute atomic E-state index is 12.3. The van der Waals surface area contributed by atoms with Crippen LogP contribution in [0, 0.1) is 13.8 Å². The number of carbonyl (C=O) groups is 2. The van der Waals surface area contributed by atoms with Crippen molar-refractivity contribution >= 4 is 11.9 Å². The second kappa shape index (κ2) is 13.9. The Hall–Kier alpha value is -5.16. The quantitative estimate of drug-likeness (QED) is 0.153. The summed E-state index contributed by atoms with van der Waals surface area (Å²) in [6.45, 7) is 2.35. The average Bonchev–Trinajstić information content (AvgIpc) is 3.57. The molecule has 4 rings (SSSR count). The van der Waals surface area contributed by atoms with Gasteiger partial charge in [-0.05, 0) is 24.9 Å². The van der Waals surface area contributed by atoms with E-state index in [2.05, 4.69) is 30.0 Å². The zero-order valence-electron chi connectivity index (χ0n) is 23.5. The number of aromatic amines is 2. The number of hydrogen-bond donors (Lipinski definition) is 2. The maximum atomic E-state index is 12.3. The topological polar surface area (TPSA) is 278 Å². The van der Waals surface area contributed by atoms with E-state index < -0.39 is 71.2 Å². The molecular weight excluding hydrogens is 588 g/mol. The molecule has 0 aromatic carbocycles. The van der Waals surface area contributed by atoms with Gasteiger partial charge in [-0.15, -0.1) is 0 Å². The molecule has 0 saturated carbocycles. The number of rotatable bonds is 11. The van der Waals surface area contributed by atoms with E-state index in [1.54, 1.807) is 0 Å². The van der Waals surface area contributed by atoms with Crippen LogP contribution in [0.15, 0.2) is 41.8 Å². The smallest absolute Gasteiger partial charge is 0.330 e. The van der Waals surface area contributed by atoms with E-state index in [-0.39, 0.29) is 50.0 Å². The number of azide groups is 2. The van der Waals surface area contributed by atoms with Gasteiger partial charge in [0, 0.05) is 46.2 Å². The summed E-state index contributed by atoms with van der Waals surface area (Å²) < 4.78 is 24.2. The molecule has 0 aliphatic carbocycles. The molecule has 0 bridgehead atoms. The largest absolute Gasteiger partial charge is 0.463 e. The predicted molar refractivity (Wildman–Crippen MR) is 146 cm³/mol. The summed E-state index contributed by atoms with van der Waals surface area (Å²) in [6.07, 6.45) is -1.48. The van der Waals surface area contributed by atoms with E-state index >= 15 is 0 Å². The van der Waals surface area contributed by atoms with Crippen LogP contribution in [0.4, 0.5) is 0 Å². The lowest BCUT2D eigenvalue weighted by molar-refractivity contribution is -0.155. The highest BCUT2D eigenvalue weighted by Gasteiger charge is 2.38. The summed E-state index contributed by atoms with van der Waals surface area (Å²) in [5.74, 6) is -1.55. The first-order valence-corrected chi connectivity index (χ1v) is 13.4. The third-order valence-corrected chi connectivity index (χ3v) is 7.07. The minimum absolute atomic E-state index is 0.0847. The standard InChI is InChI=1S/C24H28N10O10/c1-11-7-33(23(39)27-21(11)37)17-5-13(29-31-25)15(43-17)9-41-19(35)3-4-20(36)42-10-16-14(30-32-26)6-18(44-16)34-8-12(2)22(38)28-24(34)40/h7-8,13-18H,3-6,9-10H2,1-2H3,(H,27,37,39)(H,28,38,40)/t13-,14-,15+,16+,17+,18+/m0/s1. The van der Waals surface area contributed by atoms with Crippen molar-refractivity contribution in [3.05, 3.63) is 86.1 Å². The molecule has 0 amide bonds. The number of aromatic nitrogens is 4. The Morgan fingerprint density at radius 2 is 1.20 bits per heavy atom. The van der Waals surface area contributed by atoms with Crippen LogP contribution < -0.4 is 22.5 Å². The Balaban J connectivity index is 1.26. The van der Waals surface area contributed by atoms with Gasteiger partial charge in [0.2, 0.25) is 0 Å². The van der Waals surface area contributed by atoms with Crippen LogP contribution in [0.1, 0.15) is 49.3 Å². The summed E-state index contributed by atoms with van der Waals surface area (Å²) in [7, 11) is 0. The summed E-state index contributed by atoms with van der Waals surface area (Å²) in [5.41, 5.74) is 15.8. The van der Waals surface area contributed by atoms with Gasteiger partial charge >= 0.3 is 23.3 Å². The average molecular weight is 617 g/mol. The molecule has 234 valence electrons. The van der Waals surface area contributed by atoms with Gasteiger partial charge in [0.25, 0.3) is 11.1 Å². The summed E-state index contributed by atoms with van der Waals surface area (Å²) in [5, 5.41) is 7.30. The van der Waals surface area contributed by atoms with Crippen LogP contribution in [0.2, 0.25) is 0 Å². The highest BCUT2D eigenvalue weighted by atomic mass is 16.6. The molecule has 0 radical (unpaired) electrons. The van der Waals surface area contributed by atoms with Gasteiger partial charge in [-0.3, -0.25) is 38.3 Å². The van der Waals surface area contributed by atoms with Crippen LogP contribution in [0.3, 0.4) is 0 Å². The number of H-pyrrole nitrogens is 2. The highest BCUT2D eigenvalue weighted by molar-refractivity contribution is 5.77. The molecule has 2 aromatic rings. The van der Waals surface area contributed by atoms with Crippen LogP contribution in [-0.4, -0.2) is 68.5 Å². The lowest BCUT2D eigenvalue weighted by Crippen LogP contribution is -2.33. The van der Waals surface area contributed by atoms with Crippen molar-refractivity contribution in [3.63, 3.8) is 0 Å². The third-order valence-electron chi connectivity index (χ3n) is 7.07. The Kier molecular flexibility index (Phi) is 10.0. The van der Waals surface area contributed by atoms with Crippen molar-refractivity contribution < 1.29 is 28.5 Å². The number of hydrogen-bond acceptors (Lipinski definition) is 12. The Morgan fingerprint density at radius 3 is 1.57 bits per heavy atom. The Labute approximate surface area is 245 Å². The zero-order valence-corrected chi connectivity index (χ0v) is 23.5. The first-order chi connectivity index (χ1) is 21.0. The normalized spacial score (nSPS) is 24.2. The van der Waals surface area contributed by atoms with Gasteiger partial charge in [0.05, 0.1) is 24.9 Å². The SMILES string of the molecule is Cc1cn([C@H]2C[C@H](N=[N+]=[N-])[C@@H](COC(=O)CCC(=O)OC[C@H]3O[C@@H](n4cc(C)c(=O)[nH]c4=O)C[C@@H]3N=[N+]=[N-])O2)c(=O)[nH]c1=O. The summed E-state index contributed by atoms with van der Waals surface area (Å²) in [6, 6.07) is -1.56. The molecule has 2 saturated heterocycles. The van der Waals surface area contributed by atoms with E-state index in [9.17, 15) is 28.8 Å².